The second-order valence-electron chi connectivity index (χ2n) is 5.31. The van der Waals surface area contributed by atoms with E-state index in [1.807, 2.05) is 38.1 Å². The van der Waals surface area contributed by atoms with E-state index in [2.05, 4.69) is 17.5 Å². The summed E-state index contributed by atoms with van der Waals surface area (Å²) in [5, 5.41) is 0. The van der Waals surface area contributed by atoms with Gasteiger partial charge in [0.1, 0.15) is 5.83 Å². The van der Waals surface area contributed by atoms with E-state index in [0.717, 1.165) is 20.2 Å². The van der Waals surface area contributed by atoms with Crippen molar-refractivity contribution in [2.24, 2.45) is 5.73 Å². The SMILES string of the molecule is Cc1ccc(C2=CC(F)=C(c3ccc(C)s3)C(NS)C2N)s1. The molecule has 3 N–H and O–H groups in total. The van der Waals surface area contributed by atoms with Crippen LogP contribution in [0, 0.1) is 13.8 Å². The summed E-state index contributed by atoms with van der Waals surface area (Å²) in [4.78, 5) is 4.23. The molecule has 0 saturated carbocycles. The van der Waals surface area contributed by atoms with Gasteiger partial charge in [0.2, 0.25) is 0 Å². The fourth-order valence-corrected chi connectivity index (χ4v) is 4.81. The number of nitrogens with two attached hydrogens (primary N) is 1. The van der Waals surface area contributed by atoms with Crippen molar-refractivity contribution in [3.05, 3.63) is 55.7 Å². The van der Waals surface area contributed by atoms with E-state index in [1.165, 1.54) is 4.88 Å². The molecule has 2 unspecified atom stereocenters. The van der Waals surface area contributed by atoms with E-state index in [1.54, 1.807) is 28.7 Å². The Labute approximate surface area is 143 Å². The average molecular weight is 353 g/mol. The van der Waals surface area contributed by atoms with Crippen LogP contribution >= 0.6 is 35.5 Å². The average Bonchev–Trinajstić information content (AvgIpc) is 3.09. The minimum atomic E-state index is -0.358. The van der Waals surface area contributed by atoms with Crippen LogP contribution < -0.4 is 10.5 Å². The predicted octanol–water partition coefficient (Wildman–Crippen LogP) is 4.33. The Morgan fingerprint density at radius 2 is 1.68 bits per heavy atom. The molecule has 2 aromatic heterocycles. The molecule has 0 aliphatic heterocycles. The second-order valence-corrected chi connectivity index (χ2v) is 8.15. The van der Waals surface area contributed by atoms with Crippen LogP contribution in [0.15, 0.2) is 36.2 Å². The summed E-state index contributed by atoms with van der Waals surface area (Å²) in [6.45, 7) is 4.04. The molecule has 0 saturated heterocycles. The van der Waals surface area contributed by atoms with Crippen LogP contribution in [-0.2, 0) is 0 Å². The highest BCUT2D eigenvalue weighted by Gasteiger charge is 2.33. The van der Waals surface area contributed by atoms with Crippen LogP contribution in [0.25, 0.3) is 11.1 Å². The van der Waals surface area contributed by atoms with Crippen LogP contribution in [0.5, 0.6) is 0 Å². The Bertz CT molecular complexity index is 757. The first kappa shape index (κ1) is 16.0. The van der Waals surface area contributed by atoms with Gasteiger partial charge >= 0.3 is 0 Å². The van der Waals surface area contributed by atoms with E-state index in [9.17, 15) is 4.39 Å². The molecule has 2 atom stereocenters. The summed E-state index contributed by atoms with van der Waals surface area (Å²) in [5.41, 5.74) is 7.82. The normalized spacial score (nSPS) is 22.1. The molecular formula is C16H17FN2S3. The predicted molar refractivity (Wildman–Crippen MR) is 98.0 cm³/mol. The second kappa shape index (κ2) is 6.29. The van der Waals surface area contributed by atoms with Crippen LogP contribution in [0.3, 0.4) is 0 Å². The summed E-state index contributed by atoms with van der Waals surface area (Å²) in [5.74, 6) is -0.240. The molecule has 2 heterocycles. The standard InChI is InChI=1S/C16H17FN2S3/c1-8-3-5-12(21-8)10-7-11(17)14(16(19-20)15(10)18)13-6-4-9(2)22-13/h3-7,15-16,19-20H,18H2,1-2H3. The number of rotatable bonds is 3. The van der Waals surface area contributed by atoms with E-state index >= 15 is 0 Å². The van der Waals surface area contributed by atoms with Gasteiger partial charge in [0.05, 0.1) is 12.1 Å². The highest BCUT2D eigenvalue weighted by atomic mass is 32.1. The van der Waals surface area contributed by atoms with E-state index < -0.39 is 0 Å². The van der Waals surface area contributed by atoms with Crippen LogP contribution in [-0.4, -0.2) is 12.1 Å². The quantitative estimate of drug-likeness (QED) is 0.719. The van der Waals surface area contributed by atoms with Gasteiger partial charge in [-0.05, 0) is 49.8 Å². The molecule has 1 aliphatic rings. The van der Waals surface area contributed by atoms with Gasteiger partial charge in [-0.1, -0.05) is 12.8 Å². The van der Waals surface area contributed by atoms with E-state index in [-0.39, 0.29) is 17.9 Å². The van der Waals surface area contributed by atoms with Gasteiger partial charge in [0, 0.05) is 25.1 Å². The lowest BCUT2D eigenvalue weighted by atomic mass is 9.87. The molecule has 1 aliphatic carbocycles. The molecule has 0 bridgehead atoms. The Morgan fingerprint density at radius 1 is 1.09 bits per heavy atom. The van der Waals surface area contributed by atoms with Crippen molar-refractivity contribution >= 4 is 46.6 Å². The minimum Gasteiger partial charge on any atom is -0.322 e. The first-order chi connectivity index (χ1) is 10.5. The van der Waals surface area contributed by atoms with Gasteiger partial charge in [0.15, 0.2) is 0 Å². The molecule has 22 heavy (non-hydrogen) atoms. The summed E-state index contributed by atoms with van der Waals surface area (Å²) >= 11 is 7.38. The zero-order valence-electron chi connectivity index (χ0n) is 12.3. The first-order valence-electron chi connectivity index (χ1n) is 6.91. The molecule has 2 nitrogen and oxygen atoms in total. The van der Waals surface area contributed by atoms with Crippen molar-refractivity contribution in [1.29, 1.82) is 0 Å². The maximum absolute atomic E-state index is 14.8. The van der Waals surface area contributed by atoms with Gasteiger partial charge in [-0.2, -0.15) is 0 Å². The number of nitrogens with one attached hydrogen (secondary N) is 1. The Balaban J connectivity index is 2.11. The number of thiophene rings is 2. The van der Waals surface area contributed by atoms with E-state index in [4.69, 9.17) is 5.73 Å². The molecule has 0 aromatic carbocycles. The van der Waals surface area contributed by atoms with Crippen molar-refractivity contribution in [2.45, 2.75) is 25.9 Å². The molecule has 0 amide bonds. The lowest BCUT2D eigenvalue weighted by Gasteiger charge is -2.30. The van der Waals surface area contributed by atoms with Gasteiger partial charge in [-0.25, -0.2) is 4.39 Å². The number of hydrogen-bond donors (Lipinski definition) is 3. The highest BCUT2D eigenvalue weighted by molar-refractivity contribution is 7.78. The summed E-state index contributed by atoms with van der Waals surface area (Å²) < 4.78 is 17.7. The fraction of sp³-hybridized carbons (Fsp3) is 0.250. The zero-order chi connectivity index (χ0) is 15.9. The number of thiol groups is 1. The summed E-state index contributed by atoms with van der Waals surface area (Å²) in [6, 6.07) is 7.25. The molecule has 116 valence electrons. The van der Waals surface area contributed by atoms with Crippen molar-refractivity contribution in [1.82, 2.24) is 4.72 Å². The third-order valence-electron chi connectivity index (χ3n) is 3.74. The van der Waals surface area contributed by atoms with Crippen LogP contribution in [0.1, 0.15) is 19.5 Å². The minimum absolute atomic E-state index is 0.240. The fourth-order valence-electron chi connectivity index (χ4n) is 2.64. The molecule has 6 heteroatoms. The smallest absolute Gasteiger partial charge is 0.129 e. The van der Waals surface area contributed by atoms with E-state index in [0.29, 0.717) is 5.57 Å². The number of hydrogen-bond acceptors (Lipinski definition) is 5. The molecule has 2 aromatic rings. The first-order valence-corrected chi connectivity index (χ1v) is 8.99. The summed E-state index contributed by atoms with van der Waals surface area (Å²) in [6.07, 6.45) is 1.57. The van der Waals surface area contributed by atoms with Crippen LogP contribution in [0.2, 0.25) is 0 Å². The molecule has 0 fully saturated rings. The largest absolute Gasteiger partial charge is 0.322 e. The van der Waals surface area contributed by atoms with Gasteiger partial charge in [-0.3, -0.25) is 4.72 Å². The monoisotopic (exact) mass is 352 g/mol. The Hall–Kier alpha value is -0.920. The third-order valence-corrected chi connectivity index (χ3v) is 6.10. The van der Waals surface area contributed by atoms with Crippen molar-refractivity contribution in [3.63, 3.8) is 0 Å². The molecule has 0 radical (unpaired) electrons. The van der Waals surface area contributed by atoms with Gasteiger partial charge in [-0.15, -0.1) is 22.7 Å². The highest BCUT2D eigenvalue weighted by Crippen LogP contribution is 2.40. The molecule has 0 spiro atoms. The zero-order valence-corrected chi connectivity index (χ0v) is 14.8. The molecule has 3 rings (SSSR count). The number of halogens is 1. The third kappa shape index (κ3) is 2.81. The van der Waals surface area contributed by atoms with Crippen LogP contribution in [0.4, 0.5) is 4.39 Å². The molecular weight excluding hydrogens is 335 g/mol. The number of aryl methyl sites for hydroxylation is 2. The lowest BCUT2D eigenvalue weighted by molar-refractivity contribution is 0.621. The van der Waals surface area contributed by atoms with Gasteiger partial charge < -0.3 is 5.73 Å². The number of allylic oxidation sites excluding steroid dienone is 2. The Morgan fingerprint density at radius 3 is 2.18 bits per heavy atom. The Kier molecular flexibility index (Phi) is 4.56. The van der Waals surface area contributed by atoms with Crippen molar-refractivity contribution in [3.8, 4) is 0 Å². The topological polar surface area (TPSA) is 38.0 Å². The lowest BCUT2D eigenvalue weighted by Crippen LogP contribution is -2.44. The van der Waals surface area contributed by atoms with Gasteiger partial charge in [0.25, 0.3) is 0 Å². The van der Waals surface area contributed by atoms with Crippen molar-refractivity contribution < 1.29 is 4.39 Å². The maximum atomic E-state index is 14.8. The summed E-state index contributed by atoms with van der Waals surface area (Å²) in [7, 11) is 0. The van der Waals surface area contributed by atoms with Crippen molar-refractivity contribution in [2.75, 3.05) is 0 Å². The maximum Gasteiger partial charge on any atom is 0.129 e.